The minimum Gasteiger partial charge on any atom is -0.489 e. The molecule has 0 N–H and O–H groups in total. The van der Waals surface area contributed by atoms with Gasteiger partial charge < -0.3 is 4.74 Å². The highest BCUT2D eigenvalue weighted by Crippen LogP contribution is 2.47. The standard InChI is InChI=1S/C41H31NO3/c1-7-32-12-15-36(24-28(32)4)41(37-16-13-33(8-2)29(5)25-37,38-17-14-34(9-3)30(6)26-38)35-18-22-40(23-19-35)45-27-31-10-20-39(21-11-31)42(43)44/h1-3,10-26H,27H2,4-6H3. The van der Waals surface area contributed by atoms with E-state index in [1.165, 1.54) is 12.1 Å². The van der Waals surface area contributed by atoms with Gasteiger partial charge in [-0.05, 0) is 108 Å². The minimum atomic E-state index is -0.759. The third-order valence-electron chi connectivity index (χ3n) is 8.28. The van der Waals surface area contributed by atoms with Gasteiger partial charge >= 0.3 is 0 Å². The number of nitrogens with zero attached hydrogens (tertiary/aromatic N) is 1. The Bertz CT molecular complexity index is 1880. The summed E-state index contributed by atoms with van der Waals surface area (Å²) in [6.07, 6.45) is 17.5. The van der Waals surface area contributed by atoms with E-state index in [1.807, 2.05) is 51.1 Å². The zero-order valence-corrected chi connectivity index (χ0v) is 25.4. The minimum absolute atomic E-state index is 0.0426. The number of non-ortho nitro benzene ring substituents is 1. The fraction of sp³-hybridized carbons (Fsp3) is 0.122. The highest BCUT2D eigenvalue weighted by molar-refractivity contribution is 5.64. The maximum absolute atomic E-state index is 11.0. The monoisotopic (exact) mass is 585 g/mol. The molecule has 45 heavy (non-hydrogen) atoms. The molecule has 0 aromatic heterocycles. The normalized spacial score (nSPS) is 10.8. The summed E-state index contributed by atoms with van der Waals surface area (Å²) in [5, 5.41) is 11.0. The summed E-state index contributed by atoms with van der Waals surface area (Å²) < 4.78 is 6.09. The van der Waals surface area contributed by atoms with Crippen LogP contribution in [0.5, 0.6) is 5.75 Å². The van der Waals surface area contributed by atoms with Crippen molar-refractivity contribution < 1.29 is 9.66 Å². The molecule has 0 saturated carbocycles. The summed E-state index contributed by atoms with van der Waals surface area (Å²) in [5.41, 5.74) is 9.74. The van der Waals surface area contributed by atoms with Crippen LogP contribution >= 0.6 is 0 Å². The predicted molar refractivity (Wildman–Crippen MR) is 180 cm³/mol. The lowest BCUT2D eigenvalue weighted by Crippen LogP contribution is -2.31. The second-order valence-electron chi connectivity index (χ2n) is 11.0. The van der Waals surface area contributed by atoms with Crippen LogP contribution < -0.4 is 4.74 Å². The lowest BCUT2D eigenvalue weighted by atomic mass is 9.64. The molecule has 0 aliphatic heterocycles. The summed E-state index contributed by atoms with van der Waals surface area (Å²) in [6.45, 7) is 6.35. The Morgan fingerprint density at radius 3 is 1.38 bits per heavy atom. The first kappa shape index (κ1) is 30.4. The van der Waals surface area contributed by atoms with Crippen molar-refractivity contribution in [1.29, 1.82) is 0 Å². The molecule has 0 aliphatic rings. The fourth-order valence-electron chi connectivity index (χ4n) is 5.86. The summed E-state index contributed by atoms with van der Waals surface area (Å²) in [4.78, 5) is 10.6. The Morgan fingerprint density at radius 1 is 0.622 bits per heavy atom. The molecule has 5 rings (SSSR count). The van der Waals surface area contributed by atoms with E-state index in [1.54, 1.807) is 12.1 Å². The number of nitro benzene ring substituents is 1. The Labute approximate surface area is 264 Å². The van der Waals surface area contributed by atoms with Gasteiger partial charge in [-0.3, -0.25) is 10.1 Å². The van der Waals surface area contributed by atoms with Gasteiger partial charge in [-0.25, -0.2) is 0 Å². The molecule has 5 aromatic carbocycles. The lowest BCUT2D eigenvalue weighted by molar-refractivity contribution is -0.384. The Kier molecular flexibility index (Phi) is 8.58. The molecule has 0 fully saturated rings. The second kappa shape index (κ2) is 12.7. The van der Waals surface area contributed by atoms with E-state index in [9.17, 15) is 10.1 Å². The van der Waals surface area contributed by atoms with Crippen LogP contribution in [0.4, 0.5) is 5.69 Å². The molecule has 5 aromatic rings. The molecule has 4 heteroatoms. The molecule has 0 saturated heterocycles. The van der Waals surface area contributed by atoms with Crippen molar-refractivity contribution >= 4 is 5.69 Å². The number of hydrogen-bond donors (Lipinski definition) is 0. The Morgan fingerprint density at radius 2 is 1.02 bits per heavy atom. The highest BCUT2D eigenvalue weighted by Gasteiger charge is 2.39. The molecule has 0 heterocycles. The average Bonchev–Trinajstić information content (AvgIpc) is 3.05. The van der Waals surface area contributed by atoms with Crippen molar-refractivity contribution in [3.05, 3.63) is 174 Å². The molecule has 218 valence electrons. The maximum atomic E-state index is 11.0. The van der Waals surface area contributed by atoms with E-state index in [-0.39, 0.29) is 12.3 Å². The number of rotatable bonds is 8. The second-order valence-corrected chi connectivity index (χ2v) is 11.0. The van der Waals surface area contributed by atoms with E-state index in [0.29, 0.717) is 5.75 Å². The fourth-order valence-corrected chi connectivity index (χ4v) is 5.86. The van der Waals surface area contributed by atoms with Crippen LogP contribution in [0.25, 0.3) is 0 Å². The molecule has 0 amide bonds. The summed E-state index contributed by atoms with van der Waals surface area (Å²) in [5.74, 6) is 9.04. The van der Waals surface area contributed by atoms with Crippen molar-refractivity contribution in [2.75, 3.05) is 0 Å². The predicted octanol–water partition coefficient (Wildman–Crippen LogP) is 8.43. The number of ether oxygens (including phenoxy) is 1. The highest BCUT2D eigenvalue weighted by atomic mass is 16.6. The van der Waals surface area contributed by atoms with Crippen molar-refractivity contribution in [2.24, 2.45) is 0 Å². The lowest BCUT2D eigenvalue weighted by Gasteiger charge is -2.38. The van der Waals surface area contributed by atoms with E-state index in [0.717, 1.165) is 61.2 Å². The van der Waals surface area contributed by atoms with Gasteiger partial charge in [0.25, 0.3) is 5.69 Å². The molecule has 0 bridgehead atoms. The number of terminal acetylenes is 3. The van der Waals surface area contributed by atoms with Gasteiger partial charge in [0.05, 0.1) is 10.3 Å². The number of aryl methyl sites for hydroxylation is 3. The first-order chi connectivity index (χ1) is 21.7. The topological polar surface area (TPSA) is 52.4 Å². The summed E-state index contributed by atoms with van der Waals surface area (Å²) in [7, 11) is 0. The van der Waals surface area contributed by atoms with E-state index >= 15 is 0 Å². The molecule has 0 radical (unpaired) electrons. The molecule has 0 aliphatic carbocycles. The van der Waals surface area contributed by atoms with Crippen molar-refractivity contribution in [1.82, 2.24) is 0 Å². The van der Waals surface area contributed by atoms with Gasteiger partial charge in [-0.2, -0.15) is 0 Å². The van der Waals surface area contributed by atoms with Crippen molar-refractivity contribution in [3.8, 4) is 42.8 Å². The maximum Gasteiger partial charge on any atom is 0.269 e. The average molecular weight is 586 g/mol. The van der Waals surface area contributed by atoms with Crippen LogP contribution in [0.2, 0.25) is 0 Å². The smallest absolute Gasteiger partial charge is 0.269 e. The van der Waals surface area contributed by atoms with Crippen LogP contribution in [-0.4, -0.2) is 4.92 Å². The van der Waals surface area contributed by atoms with Crippen LogP contribution in [-0.2, 0) is 12.0 Å². The number of nitro groups is 1. The zero-order chi connectivity index (χ0) is 32.1. The zero-order valence-electron chi connectivity index (χ0n) is 25.4. The van der Waals surface area contributed by atoms with Crippen molar-refractivity contribution in [3.63, 3.8) is 0 Å². The van der Waals surface area contributed by atoms with Gasteiger partial charge in [0.1, 0.15) is 12.4 Å². The molecule has 0 unspecified atom stereocenters. The quantitative estimate of drug-likeness (QED) is 0.0795. The first-order valence-electron chi connectivity index (χ1n) is 14.4. The van der Waals surface area contributed by atoms with Gasteiger partial charge in [-0.1, -0.05) is 66.3 Å². The number of hydrogen-bond acceptors (Lipinski definition) is 3. The van der Waals surface area contributed by atoms with Crippen molar-refractivity contribution in [2.45, 2.75) is 32.8 Å². The third kappa shape index (κ3) is 5.81. The molecular formula is C41H31NO3. The molecule has 0 atom stereocenters. The first-order valence-corrected chi connectivity index (χ1v) is 14.4. The third-order valence-corrected chi connectivity index (χ3v) is 8.28. The molecule has 4 nitrogen and oxygen atoms in total. The summed E-state index contributed by atoms with van der Waals surface area (Å²) >= 11 is 0. The summed E-state index contributed by atoms with van der Waals surface area (Å²) in [6, 6.07) is 33.1. The van der Waals surface area contributed by atoms with Crippen LogP contribution in [0.15, 0.2) is 103 Å². The van der Waals surface area contributed by atoms with E-state index in [4.69, 9.17) is 24.0 Å². The molecule has 0 spiro atoms. The molecular weight excluding hydrogens is 554 g/mol. The van der Waals surface area contributed by atoms with E-state index < -0.39 is 10.3 Å². The van der Waals surface area contributed by atoms with E-state index in [2.05, 4.69) is 66.3 Å². The number of benzene rings is 5. The Balaban J connectivity index is 1.70. The van der Waals surface area contributed by atoms with Crippen LogP contribution in [0.3, 0.4) is 0 Å². The van der Waals surface area contributed by atoms with Gasteiger partial charge in [0.15, 0.2) is 0 Å². The van der Waals surface area contributed by atoms with Gasteiger partial charge in [0, 0.05) is 28.8 Å². The Hall–Kier alpha value is -6.02. The SMILES string of the molecule is C#Cc1ccc(C(c2ccc(OCc3ccc([N+](=O)[O-])cc3)cc2)(c2ccc(C#C)c(C)c2)c2ccc(C#C)c(C)c2)cc1C. The van der Waals surface area contributed by atoms with Gasteiger partial charge in [0.2, 0.25) is 0 Å². The van der Waals surface area contributed by atoms with Crippen LogP contribution in [0.1, 0.15) is 61.2 Å². The van der Waals surface area contributed by atoms with Crippen LogP contribution in [0, 0.1) is 67.9 Å². The van der Waals surface area contributed by atoms with Gasteiger partial charge in [-0.15, -0.1) is 19.3 Å². The largest absolute Gasteiger partial charge is 0.489 e.